The molecule has 4 nitrogen and oxygen atoms in total. The molecule has 0 radical (unpaired) electrons. The molecular weight excluding hydrogens is 607 g/mol. The van der Waals surface area contributed by atoms with Gasteiger partial charge in [-0.05, 0) is 71.2 Å². The molecule has 0 spiro atoms. The lowest BCUT2D eigenvalue weighted by Crippen LogP contribution is -2.04. The lowest BCUT2D eigenvalue weighted by atomic mass is 9.90. The average Bonchev–Trinajstić information content (AvgIpc) is 3.73. The van der Waals surface area contributed by atoms with Crippen LogP contribution in [0.5, 0.6) is 0 Å². The molecule has 0 saturated heterocycles. The van der Waals surface area contributed by atoms with Gasteiger partial charge >= 0.3 is 0 Å². The van der Waals surface area contributed by atoms with Crippen LogP contribution in [-0.4, -0.2) is 15.0 Å². The van der Waals surface area contributed by atoms with Crippen LogP contribution in [-0.2, 0) is 0 Å². The van der Waals surface area contributed by atoms with Crippen LogP contribution in [0.4, 0.5) is 0 Å². The Balaban J connectivity index is 1.18. The van der Waals surface area contributed by atoms with Crippen molar-refractivity contribution in [2.24, 2.45) is 0 Å². The Morgan fingerprint density at radius 2 is 1.27 bits per heavy atom. The molecule has 0 bridgehead atoms. The summed E-state index contributed by atoms with van der Waals surface area (Å²) in [5.74, 6) is 2.03. The standard InChI is InChI=1S/C43H27N3OS/c1-2-11-27-24-30(23-22-26(27)10-1)42-44-41(45-43(46-42)34-17-9-21-38-40(34)33-15-4-6-20-37(33)48-38)29-13-7-12-28(25-29)31-16-8-19-36-39(31)32-14-3-5-18-35(32)47-36/h1-6,8-11,13-25H,7,12H2. The number of allylic oxidation sites excluding steroid dienone is 4. The smallest absolute Gasteiger partial charge is 0.164 e. The number of fused-ring (bicyclic) bond motifs is 7. The van der Waals surface area contributed by atoms with Crippen molar-refractivity contribution < 1.29 is 4.42 Å². The Hall–Kier alpha value is -5.91. The van der Waals surface area contributed by atoms with Gasteiger partial charge in [0.25, 0.3) is 0 Å². The molecule has 48 heavy (non-hydrogen) atoms. The van der Waals surface area contributed by atoms with Gasteiger partial charge in [-0.1, -0.05) is 103 Å². The molecule has 226 valence electrons. The number of para-hydroxylation sites is 1. The number of aromatic nitrogens is 3. The fourth-order valence-electron chi connectivity index (χ4n) is 7.16. The Bertz CT molecular complexity index is 2800. The molecular formula is C43H27N3OS. The molecule has 10 rings (SSSR count). The molecule has 6 aromatic carbocycles. The first-order valence-corrected chi connectivity index (χ1v) is 17.1. The van der Waals surface area contributed by atoms with Crippen molar-refractivity contribution in [3.8, 4) is 22.8 Å². The first kappa shape index (κ1) is 27.2. The van der Waals surface area contributed by atoms with Gasteiger partial charge in [-0.2, -0.15) is 0 Å². The molecule has 3 aromatic heterocycles. The van der Waals surface area contributed by atoms with Crippen LogP contribution in [0.3, 0.4) is 0 Å². The van der Waals surface area contributed by atoms with Gasteiger partial charge in [0.2, 0.25) is 0 Å². The van der Waals surface area contributed by atoms with E-state index in [0.29, 0.717) is 17.5 Å². The van der Waals surface area contributed by atoms with E-state index in [4.69, 9.17) is 19.4 Å². The predicted molar refractivity (Wildman–Crippen MR) is 200 cm³/mol. The number of rotatable bonds is 4. The summed E-state index contributed by atoms with van der Waals surface area (Å²) in [6, 6.07) is 44.5. The second-order valence-corrected chi connectivity index (χ2v) is 13.4. The quantitative estimate of drug-likeness (QED) is 0.193. The lowest BCUT2D eigenvalue weighted by Gasteiger charge is -2.16. The van der Waals surface area contributed by atoms with Crippen LogP contribution in [0.2, 0.25) is 0 Å². The van der Waals surface area contributed by atoms with Gasteiger partial charge in [0.1, 0.15) is 11.2 Å². The van der Waals surface area contributed by atoms with Crippen molar-refractivity contribution in [3.05, 3.63) is 151 Å². The molecule has 1 aliphatic carbocycles. The molecule has 0 N–H and O–H groups in total. The molecule has 0 aliphatic heterocycles. The summed E-state index contributed by atoms with van der Waals surface area (Å²) in [6.07, 6.45) is 6.35. The molecule has 0 unspecified atom stereocenters. The van der Waals surface area contributed by atoms with E-state index in [0.717, 1.165) is 56.9 Å². The van der Waals surface area contributed by atoms with Crippen LogP contribution in [0.15, 0.2) is 144 Å². The summed E-state index contributed by atoms with van der Waals surface area (Å²) in [7, 11) is 0. The van der Waals surface area contributed by atoms with Crippen LogP contribution >= 0.6 is 11.3 Å². The van der Waals surface area contributed by atoms with Crippen LogP contribution in [0, 0.1) is 0 Å². The highest BCUT2D eigenvalue weighted by atomic mass is 32.1. The number of furan rings is 1. The molecule has 0 fully saturated rings. The number of hydrogen-bond donors (Lipinski definition) is 0. The monoisotopic (exact) mass is 633 g/mol. The van der Waals surface area contributed by atoms with Crippen LogP contribution in [0.1, 0.15) is 24.2 Å². The SMILES string of the molecule is C1=C(c2nc(-c3ccc4ccccc4c3)nc(-c3cccc4sc5ccccc5c34)n2)C=C(c2cccc3oc4ccccc4c23)CC1. The van der Waals surface area contributed by atoms with Gasteiger partial charge in [-0.15, -0.1) is 11.3 Å². The van der Waals surface area contributed by atoms with E-state index in [-0.39, 0.29) is 0 Å². The molecule has 0 saturated carbocycles. The van der Waals surface area contributed by atoms with Gasteiger partial charge < -0.3 is 4.42 Å². The topological polar surface area (TPSA) is 51.8 Å². The third kappa shape index (κ3) is 4.39. The average molecular weight is 634 g/mol. The third-order valence-corrected chi connectivity index (χ3v) is 10.5. The van der Waals surface area contributed by atoms with E-state index in [2.05, 4.69) is 127 Å². The Labute approximate surface area is 280 Å². The second-order valence-electron chi connectivity index (χ2n) is 12.3. The maximum atomic E-state index is 6.24. The number of hydrogen-bond acceptors (Lipinski definition) is 5. The van der Waals surface area contributed by atoms with Gasteiger partial charge in [-0.25, -0.2) is 15.0 Å². The highest BCUT2D eigenvalue weighted by Gasteiger charge is 2.20. The van der Waals surface area contributed by atoms with E-state index in [1.165, 1.54) is 36.7 Å². The van der Waals surface area contributed by atoms with Gasteiger partial charge in [-0.3, -0.25) is 0 Å². The summed E-state index contributed by atoms with van der Waals surface area (Å²) in [5.41, 5.74) is 7.26. The minimum Gasteiger partial charge on any atom is -0.456 e. The predicted octanol–water partition coefficient (Wildman–Crippen LogP) is 11.9. The summed E-state index contributed by atoms with van der Waals surface area (Å²) < 4.78 is 8.72. The van der Waals surface area contributed by atoms with Crippen molar-refractivity contribution in [2.75, 3.05) is 0 Å². The van der Waals surface area contributed by atoms with Gasteiger partial charge in [0.15, 0.2) is 17.5 Å². The maximum Gasteiger partial charge on any atom is 0.164 e. The number of benzene rings is 6. The zero-order valence-electron chi connectivity index (χ0n) is 25.9. The van der Waals surface area contributed by atoms with Crippen molar-refractivity contribution in [1.29, 1.82) is 0 Å². The van der Waals surface area contributed by atoms with Crippen molar-refractivity contribution in [2.45, 2.75) is 12.8 Å². The Morgan fingerprint density at radius 3 is 2.23 bits per heavy atom. The zero-order valence-corrected chi connectivity index (χ0v) is 26.7. The normalized spacial score (nSPS) is 13.5. The highest BCUT2D eigenvalue weighted by molar-refractivity contribution is 7.25. The van der Waals surface area contributed by atoms with E-state index in [1.54, 1.807) is 11.3 Å². The summed E-state index contributed by atoms with van der Waals surface area (Å²) in [5, 5.41) is 7.05. The van der Waals surface area contributed by atoms with E-state index < -0.39 is 0 Å². The fraction of sp³-hybridized carbons (Fsp3) is 0.0465. The van der Waals surface area contributed by atoms with Gasteiger partial charge in [0, 0.05) is 47.6 Å². The summed E-state index contributed by atoms with van der Waals surface area (Å²) in [6.45, 7) is 0. The van der Waals surface area contributed by atoms with Crippen LogP contribution in [0.25, 0.3) is 86.8 Å². The lowest BCUT2D eigenvalue weighted by molar-refractivity contribution is 0.669. The number of nitrogens with zero attached hydrogens (tertiary/aromatic N) is 3. The Kier molecular flexibility index (Phi) is 6.14. The van der Waals surface area contributed by atoms with Crippen molar-refractivity contribution in [1.82, 2.24) is 15.0 Å². The van der Waals surface area contributed by atoms with E-state index >= 15 is 0 Å². The second kappa shape index (κ2) is 10.8. The minimum absolute atomic E-state index is 0.668. The van der Waals surface area contributed by atoms with Gasteiger partial charge in [0.05, 0.1) is 0 Å². The molecule has 9 aromatic rings. The molecule has 3 heterocycles. The van der Waals surface area contributed by atoms with Crippen LogP contribution < -0.4 is 0 Å². The Morgan fingerprint density at radius 1 is 0.542 bits per heavy atom. The highest BCUT2D eigenvalue weighted by Crippen LogP contribution is 2.41. The molecule has 1 aliphatic rings. The molecule has 0 atom stereocenters. The summed E-state index contributed by atoms with van der Waals surface area (Å²) in [4.78, 5) is 15.6. The minimum atomic E-state index is 0.668. The fourth-order valence-corrected chi connectivity index (χ4v) is 8.29. The number of thiophene rings is 1. The van der Waals surface area contributed by atoms with Crippen molar-refractivity contribution in [3.63, 3.8) is 0 Å². The molecule has 0 amide bonds. The van der Waals surface area contributed by atoms with Crippen molar-refractivity contribution >= 4 is 75.4 Å². The van der Waals surface area contributed by atoms with E-state index in [1.807, 2.05) is 12.1 Å². The third-order valence-electron chi connectivity index (χ3n) is 9.40. The first-order chi connectivity index (χ1) is 23.8. The van der Waals surface area contributed by atoms with E-state index in [9.17, 15) is 0 Å². The zero-order chi connectivity index (χ0) is 31.6. The summed E-state index contributed by atoms with van der Waals surface area (Å²) >= 11 is 1.81. The largest absolute Gasteiger partial charge is 0.456 e. The maximum absolute atomic E-state index is 6.24. The first-order valence-electron chi connectivity index (χ1n) is 16.2. The molecule has 5 heteroatoms.